The summed E-state index contributed by atoms with van der Waals surface area (Å²) in [4.78, 5) is 9.70. The molecule has 0 amide bonds. The average molecular weight is 302 g/mol. The lowest BCUT2D eigenvalue weighted by Crippen LogP contribution is -2.06. The summed E-state index contributed by atoms with van der Waals surface area (Å²) in [5, 5.41) is 0.673. The molecule has 1 aromatic carbocycles. The second-order valence-corrected chi connectivity index (χ2v) is 6.85. The van der Waals surface area contributed by atoms with Crippen LogP contribution in [0.3, 0.4) is 0 Å². The van der Waals surface area contributed by atoms with Crippen molar-refractivity contribution in [3.8, 4) is 5.75 Å². The predicted molar refractivity (Wildman–Crippen MR) is 81.0 cm³/mol. The number of aromatic nitrogens is 2. The highest BCUT2D eigenvalue weighted by molar-refractivity contribution is 7.85. The average Bonchev–Trinajstić information content (AvgIpc) is 2.85. The van der Waals surface area contributed by atoms with Crippen LogP contribution in [0.15, 0.2) is 34.2 Å². The smallest absolute Gasteiger partial charge is 0.139 e. The number of rotatable bonds is 3. The fourth-order valence-corrected chi connectivity index (χ4v) is 3.96. The van der Waals surface area contributed by atoms with Gasteiger partial charge in [0.15, 0.2) is 0 Å². The van der Waals surface area contributed by atoms with Crippen molar-refractivity contribution >= 4 is 10.8 Å². The number of hydrogen-bond acceptors (Lipinski definition) is 4. The van der Waals surface area contributed by atoms with Crippen molar-refractivity contribution in [3.63, 3.8) is 0 Å². The Kier molecular flexibility index (Phi) is 3.76. The van der Waals surface area contributed by atoms with Gasteiger partial charge in [0.1, 0.15) is 27.4 Å². The summed E-state index contributed by atoms with van der Waals surface area (Å²) >= 11 is 0. The second-order valence-electron chi connectivity index (χ2n) is 5.46. The molecule has 110 valence electrons. The van der Waals surface area contributed by atoms with Crippen LogP contribution in [-0.4, -0.2) is 21.3 Å². The third-order valence-electron chi connectivity index (χ3n) is 3.71. The van der Waals surface area contributed by atoms with Gasteiger partial charge in [-0.25, -0.2) is 14.2 Å². The zero-order valence-corrected chi connectivity index (χ0v) is 13.2. The SMILES string of the molecule is COc1ccc(S(=O)c2nc(C)nc3c2CC(C)C3)cc1. The summed E-state index contributed by atoms with van der Waals surface area (Å²) in [7, 11) is 0.348. The molecular weight excluding hydrogens is 284 g/mol. The topological polar surface area (TPSA) is 52.1 Å². The molecule has 4 nitrogen and oxygen atoms in total. The van der Waals surface area contributed by atoms with Gasteiger partial charge in [-0.3, -0.25) is 0 Å². The van der Waals surface area contributed by atoms with E-state index in [-0.39, 0.29) is 0 Å². The number of benzene rings is 1. The normalized spacial score (nSPS) is 18.3. The zero-order chi connectivity index (χ0) is 15.0. The van der Waals surface area contributed by atoms with Gasteiger partial charge in [-0.05, 0) is 49.9 Å². The Morgan fingerprint density at radius 2 is 1.90 bits per heavy atom. The minimum atomic E-state index is -1.27. The van der Waals surface area contributed by atoms with Crippen molar-refractivity contribution < 1.29 is 8.95 Å². The summed E-state index contributed by atoms with van der Waals surface area (Å²) in [5.74, 6) is 2.00. The fraction of sp³-hybridized carbons (Fsp3) is 0.375. The third kappa shape index (κ3) is 2.70. The Morgan fingerprint density at radius 1 is 1.19 bits per heavy atom. The number of hydrogen-bond donors (Lipinski definition) is 0. The molecule has 0 spiro atoms. The van der Waals surface area contributed by atoms with Gasteiger partial charge < -0.3 is 4.74 Å². The Bertz CT molecular complexity index is 698. The van der Waals surface area contributed by atoms with E-state index in [0.29, 0.717) is 16.8 Å². The molecular formula is C16H18N2O2S. The Balaban J connectivity index is 2.02. The van der Waals surface area contributed by atoms with Crippen molar-refractivity contribution in [1.82, 2.24) is 9.97 Å². The minimum Gasteiger partial charge on any atom is -0.497 e. The van der Waals surface area contributed by atoms with E-state index in [2.05, 4.69) is 16.9 Å². The molecule has 0 bridgehead atoms. The maximum absolute atomic E-state index is 12.8. The van der Waals surface area contributed by atoms with E-state index < -0.39 is 10.8 Å². The molecule has 2 unspecified atom stereocenters. The Morgan fingerprint density at radius 3 is 2.57 bits per heavy atom. The molecule has 1 aliphatic carbocycles. The molecule has 0 radical (unpaired) electrons. The van der Waals surface area contributed by atoms with Gasteiger partial charge in [0.2, 0.25) is 0 Å². The summed E-state index contributed by atoms with van der Waals surface area (Å²) in [6.45, 7) is 4.05. The maximum atomic E-state index is 12.8. The molecule has 0 saturated heterocycles. The molecule has 1 aromatic heterocycles. The molecule has 0 aliphatic heterocycles. The molecule has 0 fully saturated rings. The van der Waals surface area contributed by atoms with Crippen molar-refractivity contribution in [1.29, 1.82) is 0 Å². The van der Waals surface area contributed by atoms with E-state index in [4.69, 9.17) is 4.74 Å². The van der Waals surface area contributed by atoms with Crippen LogP contribution in [0.1, 0.15) is 24.0 Å². The first-order valence-electron chi connectivity index (χ1n) is 7.00. The molecule has 1 aliphatic rings. The summed E-state index contributed by atoms with van der Waals surface area (Å²) < 4.78 is 18.0. The number of nitrogens with zero attached hydrogens (tertiary/aromatic N) is 2. The second kappa shape index (κ2) is 5.56. The van der Waals surface area contributed by atoms with Gasteiger partial charge in [0, 0.05) is 16.2 Å². The summed E-state index contributed by atoms with van der Waals surface area (Å²) in [5.41, 5.74) is 2.13. The number of aryl methyl sites for hydroxylation is 1. The molecule has 21 heavy (non-hydrogen) atoms. The summed E-state index contributed by atoms with van der Waals surface area (Å²) in [6.07, 6.45) is 1.86. The first kappa shape index (κ1) is 14.2. The predicted octanol–water partition coefficient (Wildman–Crippen LogP) is 2.70. The van der Waals surface area contributed by atoms with Crippen LogP contribution in [0.4, 0.5) is 0 Å². The Labute approximate surface area is 127 Å². The van der Waals surface area contributed by atoms with Crippen LogP contribution in [0.25, 0.3) is 0 Å². The Hall–Kier alpha value is -1.75. The van der Waals surface area contributed by atoms with Gasteiger partial charge in [-0.1, -0.05) is 6.92 Å². The first-order chi connectivity index (χ1) is 10.1. The van der Waals surface area contributed by atoms with E-state index in [1.807, 2.05) is 31.2 Å². The molecule has 0 saturated carbocycles. The molecule has 1 heterocycles. The van der Waals surface area contributed by atoms with Crippen LogP contribution < -0.4 is 4.74 Å². The number of methoxy groups -OCH3 is 1. The van der Waals surface area contributed by atoms with Crippen molar-refractivity contribution in [3.05, 3.63) is 41.3 Å². The van der Waals surface area contributed by atoms with E-state index >= 15 is 0 Å². The highest BCUT2D eigenvalue weighted by atomic mass is 32.2. The van der Waals surface area contributed by atoms with E-state index in [1.54, 1.807) is 7.11 Å². The quantitative estimate of drug-likeness (QED) is 0.818. The van der Waals surface area contributed by atoms with Gasteiger partial charge in [0.05, 0.1) is 7.11 Å². The van der Waals surface area contributed by atoms with Gasteiger partial charge in [-0.15, -0.1) is 0 Å². The van der Waals surface area contributed by atoms with Crippen molar-refractivity contribution in [2.45, 2.75) is 36.6 Å². The van der Waals surface area contributed by atoms with Gasteiger partial charge >= 0.3 is 0 Å². The fourth-order valence-electron chi connectivity index (χ4n) is 2.71. The van der Waals surface area contributed by atoms with Crippen LogP contribution in [0.5, 0.6) is 5.75 Å². The first-order valence-corrected chi connectivity index (χ1v) is 8.15. The number of ether oxygens (including phenoxy) is 1. The highest BCUT2D eigenvalue weighted by Crippen LogP contribution is 2.30. The van der Waals surface area contributed by atoms with Crippen LogP contribution in [0.2, 0.25) is 0 Å². The van der Waals surface area contributed by atoms with E-state index in [1.165, 1.54) is 0 Å². The van der Waals surface area contributed by atoms with Gasteiger partial charge in [-0.2, -0.15) is 0 Å². The van der Waals surface area contributed by atoms with Gasteiger partial charge in [0.25, 0.3) is 0 Å². The van der Waals surface area contributed by atoms with E-state index in [9.17, 15) is 4.21 Å². The highest BCUT2D eigenvalue weighted by Gasteiger charge is 2.26. The third-order valence-corrected chi connectivity index (χ3v) is 5.10. The molecule has 0 N–H and O–H groups in total. The zero-order valence-electron chi connectivity index (χ0n) is 12.4. The molecule has 2 atom stereocenters. The van der Waals surface area contributed by atoms with E-state index in [0.717, 1.165) is 34.7 Å². The largest absolute Gasteiger partial charge is 0.497 e. The monoisotopic (exact) mass is 302 g/mol. The lowest BCUT2D eigenvalue weighted by molar-refractivity contribution is 0.414. The molecule has 2 aromatic rings. The lowest BCUT2D eigenvalue weighted by Gasteiger charge is -2.09. The lowest BCUT2D eigenvalue weighted by atomic mass is 10.1. The van der Waals surface area contributed by atoms with Crippen molar-refractivity contribution in [2.75, 3.05) is 7.11 Å². The number of fused-ring (bicyclic) bond motifs is 1. The standard InChI is InChI=1S/C16H18N2O2S/c1-10-8-14-15(9-10)17-11(2)18-16(14)21(19)13-6-4-12(20-3)5-7-13/h4-7,10H,8-9H2,1-3H3. The minimum absolute atomic E-state index is 0.544. The van der Waals surface area contributed by atoms with Crippen molar-refractivity contribution in [2.24, 2.45) is 5.92 Å². The molecule has 5 heteroatoms. The maximum Gasteiger partial charge on any atom is 0.139 e. The van der Waals surface area contributed by atoms with Crippen LogP contribution in [0, 0.1) is 12.8 Å². The molecule has 3 rings (SSSR count). The van der Waals surface area contributed by atoms with Crippen LogP contribution in [-0.2, 0) is 23.6 Å². The van der Waals surface area contributed by atoms with Crippen LogP contribution >= 0.6 is 0 Å². The summed E-state index contributed by atoms with van der Waals surface area (Å²) in [6, 6.07) is 7.31.